The van der Waals surface area contributed by atoms with Gasteiger partial charge in [0.05, 0.1) is 12.4 Å². The van der Waals surface area contributed by atoms with E-state index in [2.05, 4.69) is 20.6 Å². The third-order valence-electron chi connectivity index (χ3n) is 3.67. The summed E-state index contributed by atoms with van der Waals surface area (Å²) in [5, 5.41) is 6.22. The summed E-state index contributed by atoms with van der Waals surface area (Å²) in [6.45, 7) is 0.620. The number of carbonyl (C=O) groups excluding carboxylic acids is 1. The predicted molar refractivity (Wildman–Crippen MR) is 100.0 cm³/mol. The fourth-order valence-electron chi connectivity index (χ4n) is 2.33. The van der Waals surface area contributed by atoms with E-state index in [1.807, 2.05) is 24.3 Å². The molecule has 1 heterocycles. The van der Waals surface area contributed by atoms with E-state index in [4.69, 9.17) is 11.6 Å². The first-order valence-electron chi connectivity index (χ1n) is 8.08. The number of aromatic nitrogens is 2. The van der Waals surface area contributed by atoms with Crippen molar-refractivity contribution in [1.29, 1.82) is 0 Å². The maximum atomic E-state index is 13.2. The molecule has 1 aromatic heterocycles. The largest absolute Gasteiger partial charge is 0.368 e. The molecule has 2 aromatic carbocycles. The van der Waals surface area contributed by atoms with Crippen molar-refractivity contribution < 1.29 is 13.6 Å². The van der Waals surface area contributed by atoms with Gasteiger partial charge in [0.25, 0.3) is 5.91 Å². The van der Waals surface area contributed by atoms with Crippen LogP contribution in [0.1, 0.15) is 16.1 Å². The zero-order valence-corrected chi connectivity index (χ0v) is 14.8. The highest BCUT2D eigenvalue weighted by Crippen LogP contribution is 2.14. The van der Waals surface area contributed by atoms with E-state index in [1.165, 1.54) is 18.5 Å². The molecule has 0 spiro atoms. The van der Waals surface area contributed by atoms with E-state index in [-0.39, 0.29) is 11.4 Å². The summed E-state index contributed by atoms with van der Waals surface area (Å²) in [5.74, 6) is -2.08. The van der Waals surface area contributed by atoms with Gasteiger partial charge in [-0.25, -0.2) is 18.7 Å². The van der Waals surface area contributed by atoms with Crippen molar-refractivity contribution in [2.24, 2.45) is 0 Å². The lowest BCUT2D eigenvalue weighted by Crippen LogP contribution is -2.15. The topological polar surface area (TPSA) is 66.9 Å². The van der Waals surface area contributed by atoms with Crippen LogP contribution >= 0.6 is 11.6 Å². The van der Waals surface area contributed by atoms with Crippen LogP contribution in [0.2, 0.25) is 5.02 Å². The molecule has 0 aliphatic heterocycles. The second kappa shape index (κ2) is 8.55. The molecule has 0 saturated heterocycles. The number of hydrogen-bond donors (Lipinski definition) is 2. The zero-order chi connectivity index (χ0) is 19.2. The Bertz CT molecular complexity index is 951. The van der Waals surface area contributed by atoms with Crippen molar-refractivity contribution in [3.05, 3.63) is 82.8 Å². The second-order valence-electron chi connectivity index (χ2n) is 5.68. The Kier molecular flexibility index (Phi) is 5.93. The van der Waals surface area contributed by atoms with Gasteiger partial charge in [-0.3, -0.25) is 4.79 Å². The smallest absolute Gasteiger partial charge is 0.275 e. The minimum Gasteiger partial charge on any atom is -0.368 e. The minimum atomic E-state index is -1.04. The van der Waals surface area contributed by atoms with Crippen LogP contribution in [0.4, 0.5) is 20.3 Å². The lowest BCUT2D eigenvalue weighted by Gasteiger charge is -2.07. The highest BCUT2D eigenvalue weighted by atomic mass is 35.5. The van der Waals surface area contributed by atoms with Gasteiger partial charge >= 0.3 is 0 Å². The average molecular weight is 389 g/mol. The van der Waals surface area contributed by atoms with Crippen LogP contribution in [0.3, 0.4) is 0 Å². The third kappa shape index (κ3) is 5.21. The minimum absolute atomic E-state index is 0.0557. The molecule has 5 nitrogen and oxygen atoms in total. The summed E-state index contributed by atoms with van der Waals surface area (Å²) in [5.41, 5.74) is 1.27. The number of nitrogens with zero attached hydrogens (tertiary/aromatic N) is 2. The van der Waals surface area contributed by atoms with Crippen LogP contribution in [-0.2, 0) is 6.42 Å². The molecule has 3 aromatic rings. The van der Waals surface area contributed by atoms with Gasteiger partial charge in [-0.2, -0.15) is 0 Å². The molecule has 0 unspecified atom stereocenters. The normalized spacial score (nSPS) is 10.5. The summed E-state index contributed by atoms with van der Waals surface area (Å²) in [4.78, 5) is 20.2. The second-order valence-corrected chi connectivity index (χ2v) is 6.11. The van der Waals surface area contributed by atoms with E-state index in [1.54, 1.807) is 0 Å². The first-order chi connectivity index (χ1) is 13.0. The summed E-state index contributed by atoms with van der Waals surface area (Å²) in [7, 11) is 0. The van der Waals surface area contributed by atoms with Crippen molar-refractivity contribution in [2.75, 3.05) is 17.2 Å². The molecule has 0 aliphatic carbocycles. The Morgan fingerprint density at radius 1 is 1.04 bits per heavy atom. The van der Waals surface area contributed by atoms with Gasteiger partial charge < -0.3 is 10.6 Å². The molecule has 0 radical (unpaired) electrons. The van der Waals surface area contributed by atoms with Crippen LogP contribution in [0.15, 0.2) is 54.9 Å². The lowest BCUT2D eigenvalue weighted by molar-refractivity contribution is 0.102. The number of benzene rings is 2. The summed E-state index contributed by atoms with van der Waals surface area (Å²) in [6, 6.07) is 10.7. The van der Waals surface area contributed by atoms with Crippen LogP contribution in [0.25, 0.3) is 0 Å². The maximum absolute atomic E-state index is 13.2. The number of amides is 1. The zero-order valence-electron chi connectivity index (χ0n) is 14.0. The number of rotatable bonds is 6. The maximum Gasteiger partial charge on any atom is 0.275 e. The van der Waals surface area contributed by atoms with Gasteiger partial charge in [-0.1, -0.05) is 23.7 Å². The van der Waals surface area contributed by atoms with Crippen LogP contribution in [0.5, 0.6) is 0 Å². The number of anilines is 2. The van der Waals surface area contributed by atoms with E-state index >= 15 is 0 Å². The van der Waals surface area contributed by atoms with Crippen LogP contribution in [0, 0.1) is 11.6 Å². The molecule has 8 heteroatoms. The van der Waals surface area contributed by atoms with Gasteiger partial charge in [0.1, 0.15) is 11.5 Å². The Morgan fingerprint density at radius 2 is 1.89 bits per heavy atom. The van der Waals surface area contributed by atoms with Gasteiger partial charge in [-0.15, -0.1) is 0 Å². The molecule has 1 amide bonds. The molecule has 0 aliphatic rings. The fourth-order valence-corrected chi connectivity index (χ4v) is 2.55. The number of hydrogen-bond acceptors (Lipinski definition) is 4. The molecule has 0 saturated carbocycles. The van der Waals surface area contributed by atoms with E-state index in [9.17, 15) is 13.6 Å². The first kappa shape index (κ1) is 18.7. The molecular formula is C19H15ClF2N4O. The predicted octanol–water partition coefficient (Wildman–Crippen LogP) is 4.32. The van der Waals surface area contributed by atoms with Crippen molar-refractivity contribution in [2.45, 2.75) is 6.42 Å². The Labute approximate surface area is 159 Å². The average Bonchev–Trinajstić information content (AvgIpc) is 2.65. The summed E-state index contributed by atoms with van der Waals surface area (Å²) < 4.78 is 26.1. The molecule has 138 valence electrons. The van der Waals surface area contributed by atoms with Crippen LogP contribution < -0.4 is 10.6 Å². The standard InChI is InChI=1S/C19H15ClF2N4O/c20-13-3-1-2-12(8-13)6-7-23-18-11-24-17(10-25-18)19(27)26-14-4-5-15(21)16(22)9-14/h1-5,8-11H,6-7H2,(H,23,25)(H,26,27). The van der Waals surface area contributed by atoms with Gasteiger partial charge in [0.2, 0.25) is 0 Å². The van der Waals surface area contributed by atoms with Crippen molar-refractivity contribution in [3.8, 4) is 0 Å². The Morgan fingerprint density at radius 3 is 2.59 bits per heavy atom. The summed E-state index contributed by atoms with van der Waals surface area (Å²) in [6.07, 6.45) is 3.48. The first-order valence-corrected chi connectivity index (χ1v) is 8.46. The van der Waals surface area contributed by atoms with E-state index in [0.29, 0.717) is 17.4 Å². The molecule has 0 atom stereocenters. The fraction of sp³-hybridized carbons (Fsp3) is 0.105. The van der Waals surface area contributed by atoms with E-state index in [0.717, 1.165) is 24.1 Å². The lowest BCUT2D eigenvalue weighted by atomic mass is 10.1. The SMILES string of the molecule is O=C(Nc1ccc(F)c(F)c1)c1cnc(NCCc2cccc(Cl)c2)cn1. The molecule has 2 N–H and O–H groups in total. The highest BCUT2D eigenvalue weighted by molar-refractivity contribution is 6.30. The highest BCUT2D eigenvalue weighted by Gasteiger charge is 2.10. The number of carbonyl (C=O) groups is 1. The number of nitrogens with one attached hydrogen (secondary N) is 2. The van der Waals surface area contributed by atoms with Crippen molar-refractivity contribution in [3.63, 3.8) is 0 Å². The van der Waals surface area contributed by atoms with Crippen LogP contribution in [-0.4, -0.2) is 22.4 Å². The Hall–Kier alpha value is -3.06. The molecular weight excluding hydrogens is 374 g/mol. The van der Waals surface area contributed by atoms with Gasteiger partial charge in [-0.05, 0) is 36.2 Å². The Balaban J connectivity index is 1.54. The van der Waals surface area contributed by atoms with Gasteiger partial charge in [0, 0.05) is 23.3 Å². The third-order valence-corrected chi connectivity index (χ3v) is 3.91. The molecule has 0 bridgehead atoms. The molecule has 3 rings (SSSR count). The van der Waals surface area contributed by atoms with Crippen molar-refractivity contribution in [1.82, 2.24) is 9.97 Å². The quantitative estimate of drug-likeness (QED) is 0.660. The van der Waals surface area contributed by atoms with Gasteiger partial charge in [0.15, 0.2) is 11.6 Å². The molecule has 27 heavy (non-hydrogen) atoms. The monoisotopic (exact) mass is 388 g/mol. The van der Waals surface area contributed by atoms with E-state index < -0.39 is 17.5 Å². The summed E-state index contributed by atoms with van der Waals surface area (Å²) >= 11 is 5.94. The number of halogens is 3. The van der Waals surface area contributed by atoms with Crippen molar-refractivity contribution >= 4 is 29.0 Å². The molecule has 0 fully saturated rings.